The Bertz CT molecular complexity index is 422. The zero-order valence-electron chi connectivity index (χ0n) is 15.7. The van der Waals surface area contributed by atoms with Gasteiger partial charge in [0.05, 0.1) is 12.1 Å². The van der Waals surface area contributed by atoms with Gasteiger partial charge in [-0.2, -0.15) is 0 Å². The largest absolute Gasteiger partial charge is 0.481 e. The molecule has 1 aliphatic heterocycles. The fourth-order valence-electron chi connectivity index (χ4n) is 3.31. The highest BCUT2D eigenvalue weighted by molar-refractivity contribution is 5.77. The highest BCUT2D eigenvalue weighted by Crippen LogP contribution is 2.21. The number of carboxylic acid groups (broad SMARTS) is 1. The van der Waals surface area contributed by atoms with Crippen LogP contribution in [0.2, 0.25) is 0 Å². The molecule has 5 nitrogen and oxygen atoms in total. The van der Waals surface area contributed by atoms with Gasteiger partial charge in [-0.1, -0.05) is 51.2 Å². The van der Waals surface area contributed by atoms with Crippen molar-refractivity contribution in [2.24, 2.45) is 0 Å². The van der Waals surface area contributed by atoms with Gasteiger partial charge in [-0.15, -0.1) is 0 Å². The molecule has 0 aromatic carbocycles. The maximum absolute atomic E-state index is 12.2. The number of piperidine rings is 1. The van der Waals surface area contributed by atoms with Crippen LogP contribution in [-0.2, 0) is 9.59 Å². The van der Waals surface area contributed by atoms with Crippen LogP contribution in [0.25, 0.3) is 0 Å². The summed E-state index contributed by atoms with van der Waals surface area (Å²) >= 11 is 0. The van der Waals surface area contributed by atoms with Crippen LogP contribution in [0.5, 0.6) is 0 Å². The van der Waals surface area contributed by atoms with Gasteiger partial charge >= 0.3 is 5.97 Å². The Kier molecular flexibility index (Phi) is 11.2. The minimum atomic E-state index is -0.742. The first-order chi connectivity index (χ1) is 12.0. The number of unbranched alkanes of at least 4 members (excludes halogenated alkanes) is 5. The molecule has 0 aliphatic carbocycles. The first kappa shape index (κ1) is 21.7. The van der Waals surface area contributed by atoms with E-state index in [9.17, 15) is 14.7 Å². The monoisotopic (exact) mass is 353 g/mol. The number of hydrogen-bond donors (Lipinski definition) is 2. The van der Waals surface area contributed by atoms with E-state index in [0.717, 1.165) is 64.3 Å². The second-order valence-electron chi connectivity index (χ2n) is 7.05. The molecule has 0 bridgehead atoms. The number of carbonyl (C=O) groups is 2. The SMILES string of the molecule is CCCCCC(O)/C=C/C1CCCC(=O)N1CCCCCCC(=O)O. The number of amides is 1. The Hall–Kier alpha value is -1.36. The summed E-state index contributed by atoms with van der Waals surface area (Å²) < 4.78 is 0. The van der Waals surface area contributed by atoms with Gasteiger partial charge in [-0.05, 0) is 32.1 Å². The van der Waals surface area contributed by atoms with Crippen molar-refractivity contribution < 1.29 is 19.8 Å². The molecule has 2 unspecified atom stereocenters. The van der Waals surface area contributed by atoms with E-state index in [1.54, 1.807) is 0 Å². The van der Waals surface area contributed by atoms with Crippen LogP contribution in [0.3, 0.4) is 0 Å². The lowest BCUT2D eigenvalue weighted by molar-refractivity contribution is -0.137. The standard InChI is InChI=1S/C20H35NO4/c1-2-3-6-11-18(22)15-14-17-10-9-12-19(23)21(17)16-8-5-4-7-13-20(24)25/h14-15,17-18,22H,2-13,16H2,1H3,(H,24,25)/b15-14+. The summed E-state index contributed by atoms with van der Waals surface area (Å²) in [5.41, 5.74) is 0. The Labute approximate surface area is 152 Å². The summed E-state index contributed by atoms with van der Waals surface area (Å²) in [6, 6.07) is 0.0982. The second kappa shape index (κ2) is 12.9. The van der Waals surface area contributed by atoms with E-state index in [-0.39, 0.29) is 18.4 Å². The lowest BCUT2D eigenvalue weighted by Gasteiger charge is -2.34. The molecule has 0 aromatic rings. The minimum Gasteiger partial charge on any atom is -0.481 e. The number of nitrogens with zero attached hydrogens (tertiary/aromatic N) is 1. The summed E-state index contributed by atoms with van der Waals surface area (Å²) in [5.74, 6) is -0.541. The molecule has 1 amide bonds. The molecular weight excluding hydrogens is 318 g/mol. The molecule has 0 spiro atoms. The van der Waals surface area contributed by atoms with Gasteiger partial charge in [-0.3, -0.25) is 9.59 Å². The van der Waals surface area contributed by atoms with Gasteiger partial charge in [0.25, 0.3) is 0 Å². The zero-order chi connectivity index (χ0) is 18.5. The highest BCUT2D eigenvalue weighted by atomic mass is 16.4. The average molecular weight is 354 g/mol. The summed E-state index contributed by atoms with van der Waals surface area (Å²) in [6.07, 6.45) is 13.7. The number of carbonyl (C=O) groups excluding carboxylic acids is 1. The van der Waals surface area contributed by atoms with Crippen molar-refractivity contribution in [3.63, 3.8) is 0 Å². The van der Waals surface area contributed by atoms with Crippen LogP contribution in [0, 0.1) is 0 Å². The Morgan fingerprint density at radius 1 is 1.24 bits per heavy atom. The Balaban J connectivity index is 2.36. The third-order valence-corrected chi connectivity index (χ3v) is 4.81. The first-order valence-electron chi connectivity index (χ1n) is 9.92. The third-order valence-electron chi connectivity index (χ3n) is 4.81. The van der Waals surface area contributed by atoms with Gasteiger partial charge in [0.1, 0.15) is 0 Å². The molecule has 0 aromatic heterocycles. The van der Waals surface area contributed by atoms with Crippen LogP contribution >= 0.6 is 0 Å². The fourth-order valence-corrected chi connectivity index (χ4v) is 3.31. The number of rotatable bonds is 13. The zero-order valence-corrected chi connectivity index (χ0v) is 15.7. The molecule has 25 heavy (non-hydrogen) atoms. The van der Waals surface area contributed by atoms with Crippen molar-refractivity contribution >= 4 is 11.9 Å². The normalized spacial score (nSPS) is 19.5. The number of aliphatic carboxylic acids is 1. The van der Waals surface area contributed by atoms with Crippen molar-refractivity contribution in [1.82, 2.24) is 4.90 Å². The molecule has 1 aliphatic rings. The molecular formula is C20H35NO4. The molecule has 1 saturated heterocycles. The van der Waals surface area contributed by atoms with Crippen LogP contribution in [0.15, 0.2) is 12.2 Å². The summed E-state index contributed by atoms with van der Waals surface area (Å²) in [4.78, 5) is 24.7. The van der Waals surface area contributed by atoms with Gasteiger partial charge in [0.15, 0.2) is 0 Å². The van der Waals surface area contributed by atoms with Crippen molar-refractivity contribution in [1.29, 1.82) is 0 Å². The van der Waals surface area contributed by atoms with E-state index < -0.39 is 12.1 Å². The summed E-state index contributed by atoms with van der Waals surface area (Å²) in [7, 11) is 0. The van der Waals surface area contributed by atoms with Crippen molar-refractivity contribution in [2.45, 2.75) is 96.1 Å². The van der Waals surface area contributed by atoms with Crippen LogP contribution in [-0.4, -0.2) is 45.7 Å². The highest BCUT2D eigenvalue weighted by Gasteiger charge is 2.25. The van der Waals surface area contributed by atoms with E-state index in [1.165, 1.54) is 0 Å². The van der Waals surface area contributed by atoms with Crippen molar-refractivity contribution in [2.75, 3.05) is 6.54 Å². The third kappa shape index (κ3) is 9.63. The van der Waals surface area contributed by atoms with Crippen molar-refractivity contribution in [3.05, 3.63) is 12.2 Å². The minimum absolute atomic E-state index is 0.0982. The number of carboxylic acids is 1. The maximum atomic E-state index is 12.2. The quantitative estimate of drug-likeness (QED) is 0.389. The lowest BCUT2D eigenvalue weighted by Crippen LogP contribution is -2.43. The molecule has 0 saturated carbocycles. The van der Waals surface area contributed by atoms with E-state index in [2.05, 4.69) is 6.92 Å². The topological polar surface area (TPSA) is 77.8 Å². The van der Waals surface area contributed by atoms with Gasteiger partial charge in [0.2, 0.25) is 5.91 Å². The van der Waals surface area contributed by atoms with Crippen LogP contribution < -0.4 is 0 Å². The summed E-state index contributed by atoms with van der Waals surface area (Å²) in [6.45, 7) is 2.88. The molecule has 2 N–H and O–H groups in total. The molecule has 0 radical (unpaired) electrons. The van der Waals surface area contributed by atoms with Gasteiger partial charge in [-0.25, -0.2) is 0 Å². The summed E-state index contributed by atoms with van der Waals surface area (Å²) in [5, 5.41) is 18.7. The van der Waals surface area contributed by atoms with Gasteiger partial charge < -0.3 is 15.1 Å². The fraction of sp³-hybridized carbons (Fsp3) is 0.800. The number of aliphatic hydroxyl groups excluding tert-OH is 1. The molecule has 5 heteroatoms. The van der Waals surface area contributed by atoms with Gasteiger partial charge in [0, 0.05) is 19.4 Å². The number of hydrogen-bond acceptors (Lipinski definition) is 3. The van der Waals surface area contributed by atoms with Crippen LogP contribution in [0.1, 0.15) is 84.0 Å². The Morgan fingerprint density at radius 3 is 2.72 bits per heavy atom. The lowest BCUT2D eigenvalue weighted by atomic mass is 9.99. The number of likely N-dealkylation sites (tertiary alicyclic amines) is 1. The van der Waals surface area contributed by atoms with Crippen molar-refractivity contribution in [3.8, 4) is 0 Å². The predicted octanol–water partition coefficient (Wildman–Crippen LogP) is 3.90. The average Bonchev–Trinajstić information content (AvgIpc) is 2.57. The molecule has 1 rings (SSSR count). The molecule has 1 heterocycles. The van der Waals surface area contributed by atoms with Crippen LogP contribution in [0.4, 0.5) is 0 Å². The number of aliphatic hydroxyl groups is 1. The Morgan fingerprint density at radius 2 is 2.00 bits per heavy atom. The second-order valence-corrected chi connectivity index (χ2v) is 7.05. The maximum Gasteiger partial charge on any atom is 0.303 e. The molecule has 2 atom stereocenters. The first-order valence-corrected chi connectivity index (χ1v) is 9.92. The van der Waals surface area contributed by atoms with E-state index in [4.69, 9.17) is 5.11 Å². The van der Waals surface area contributed by atoms with E-state index in [1.807, 2.05) is 17.1 Å². The van der Waals surface area contributed by atoms with E-state index >= 15 is 0 Å². The predicted molar refractivity (Wildman–Crippen MR) is 99.4 cm³/mol. The smallest absolute Gasteiger partial charge is 0.303 e. The molecule has 1 fully saturated rings. The molecule has 144 valence electrons. The van der Waals surface area contributed by atoms with E-state index in [0.29, 0.717) is 12.8 Å².